The fraction of sp³-hybridized carbons (Fsp3) is 0.500. The molecule has 1 nitrogen and oxygen atoms in total. The molecule has 0 spiro atoms. The molecule has 0 N–H and O–H groups in total. The highest BCUT2D eigenvalue weighted by Crippen LogP contribution is 2.21. The highest BCUT2D eigenvalue weighted by atomic mass is 35.5. The number of aryl methyl sites for hydroxylation is 1. The minimum Gasteiger partial charge on any atom is -0.477 e. The van der Waals surface area contributed by atoms with Gasteiger partial charge in [0.25, 0.3) is 0 Å². The number of benzene rings is 1. The summed E-state index contributed by atoms with van der Waals surface area (Å²) in [4.78, 5) is 0. The van der Waals surface area contributed by atoms with Crippen LogP contribution >= 0.6 is 21.2 Å². The molecule has 0 saturated heterocycles. The summed E-state index contributed by atoms with van der Waals surface area (Å²) in [6.45, 7) is 4.32. The van der Waals surface area contributed by atoms with Crippen molar-refractivity contribution in [3.63, 3.8) is 0 Å². The maximum Gasteiger partial charge on any atom is 0.122 e. The average molecular weight is 247 g/mol. The van der Waals surface area contributed by atoms with Crippen molar-refractivity contribution in [2.75, 3.05) is 6.16 Å². The van der Waals surface area contributed by atoms with Crippen molar-refractivity contribution >= 4 is 21.2 Å². The molecule has 0 radical (unpaired) electrons. The first kappa shape index (κ1) is 14.7. The molecule has 0 saturated carbocycles. The Morgan fingerprint density at radius 1 is 1.13 bits per heavy atom. The van der Waals surface area contributed by atoms with Gasteiger partial charge in [0.15, 0.2) is 0 Å². The molecule has 0 bridgehead atoms. The van der Waals surface area contributed by atoms with Gasteiger partial charge in [-0.25, -0.2) is 0 Å². The third-order valence-electron chi connectivity index (χ3n) is 2.09. The van der Waals surface area contributed by atoms with E-state index in [1.165, 1.54) is 31.0 Å². The summed E-state index contributed by atoms with van der Waals surface area (Å²) in [6, 6.07) is 8.27. The van der Waals surface area contributed by atoms with Crippen LogP contribution in [0.3, 0.4) is 0 Å². The molecule has 3 heteroatoms. The largest absolute Gasteiger partial charge is 0.477 e. The van der Waals surface area contributed by atoms with Crippen LogP contribution in [-0.4, -0.2) is 6.16 Å². The Bertz CT molecular complexity index is 248. The Kier molecular flexibility index (Phi) is 8.85. The predicted molar refractivity (Wildman–Crippen MR) is 71.8 cm³/mol. The molecule has 0 aliphatic heterocycles. The van der Waals surface area contributed by atoms with Gasteiger partial charge in [-0.05, 0) is 25.5 Å². The van der Waals surface area contributed by atoms with Crippen molar-refractivity contribution in [3.8, 4) is 5.75 Å². The van der Waals surface area contributed by atoms with E-state index in [0.29, 0.717) is 8.81 Å². The SMILES string of the molecule is CCCCCPOc1ccc(C)cc1.Cl. The fourth-order valence-electron chi connectivity index (χ4n) is 1.19. The van der Waals surface area contributed by atoms with Gasteiger partial charge in [0.2, 0.25) is 0 Å². The number of hydrogen-bond acceptors (Lipinski definition) is 1. The van der Waals surface area contributed by atoms with Gasteiger partial charge in [-0.15, -0.1) is 12.4 Å². The monoisotopic (exact) mass is 246 g/mol. The van der Waals surface area contributed by atoms with Gasteiger partial charge in [0.05, 0.1) is 8.81 Å². The van der Waals surface area contributed by atoms with E-state index >= 15 is 0 Å². The molecule has 1 unspecified atom stereocenters. The minimum atomic E-state index is 0. The lowest BCUT2D eigenvalue weighted by molar-refractivity contribution is 0.624. The third-order valence-corrected chi connectivity index (χ3v) is 3.03. The van der Waals surface area contributed by atoms with Crippen molar-refractivity contribution in [1.29, 1.82) is 0 Å². The normalized spacial score (nSPS) is 10.3. The lowest BCUT2D eigenvalue weighted by atomic mass is 10.2. The summed E-state index contributed by atoms with van der Waals surface area (Å²) in [6.07, 6.45) is 5.10. The van der Waals surface area contributed by atoms with Gasteiger partial charge in [-0.2, -0.15) is 0 Å². The second-order valence-electron chi connectivity index (χ2n) is 3.52. The van der Waals surface area contributed by atoms with E-state index in [1.54, 1.807) is 0 Å². The van der Waals surface area contributed by atoms with Crippen LogP contribution < -0.4 is 4.52 Å². The van der Waals surface area contributed by atoms with Crippen molar-refractivity contribution < 1.29 is 4.52 Å². The average Bonchev–Trinajstić information content (AvgIpc) is 2.21. The summed E-state index contributed by atoms with van der Waals surface area (Å²) >= 11 is 0. The molecule has 1 rings (SSSR count). The molecule has 86 valence electrons. The Hall–Kier alpha value is -0.260. The summed E-state index contributed by atoms with van der Waals surface area (Å²) in [7, 11) is 0.616. The second-order valence-corrected chi connectivity index (χ2v) is 4.51. The number of hydrogen-bond donors (Lipinski definition) is 0. The van der Waals surface area contributed by atoms with Crippen LogP contribution in [0.1, 0.15) is 31.7 Å². The van der Waals surface area contributed by atoms with Crippen LogP contribution in [-0.2, 0) is 0 Å². The molecule has 15 heavy (non-hydrogen) atoms. The van der Waals surface area contributed by atoms with E-state index < -0.39 is 0 Å². The second kappa shape index (κ2) is 9.00. The lowest BCUT2D eigenvalue weighted by Crippen LogP contribution is -1.83. The van der Waals surface area contributed by atoms with Crippen LogP contribution in [0.25, 0.3) is 0 Å². The lowest BCUT2D eigenvalue weighted by Gasteiger charge is -2.05. The first-order chi connectivity index (χ1) is 6.83. The molecule has 0 aliphatic rings. The van der Waals surface area contributed by atoms with Gasteiger partial charge in [0, 0.05) is 6.16 Å². The number of halogens is 1. The van der Waals surface area contributed by atoms with Gasteiger partial charge in [-0.3, -0.25) is 0 Å². The third kappa shape index (κ3) is 6.76. The summed E-state index contributed by atoms with van der Waals surface area (Å²) < 4.78 is 5.64. The van der Waals surface area contributed by atoms with Crippen LogP contribution in [0.15, 0.2) is 24.3 Å². The van der Waals surface area contributed by atoms with Crippen LogP contribution in [0, 0.1) is 6.92 Å². The molecule has 0 fully saturated rings. The quantitative estimate of drug-likeness (QED) is 0.527. The summed E-state index contributed by atoms with van der Waals surface area (Å²) in [5.41, 5.74) is 1.28. The highest BCUT2D eigenvalue weighted by molar-refractivity contribution is 7.32. The van der Waals surface area contributed by atoms with E-state index in [9.17, 15) is 0 Å². The zero-order valence-corrected chi connectivity index (χ0v) is 11.3. The Morgan fingerprint density at radius 2 is 1.80 bits per heavy atom. The predicted octanol–water partition coefficient (Wildman–Crippen LogP) is 4.58. The first-order valence-electron chi connectivity index (χ1n) is 5.29. The van der Waals surface area contributed by atoms with E-state index in [2.05, 4.69) is 26.0 Å². The fourth-order valence-corrected chi connectivity index (χ4v) is 1.99. The summed E-state index contributed by atoms with van der Waals surface area (Å²) in [5, 5.41) is 0. The number of unbranched alkanes of at least 4 members (excludes halogenated alkanes) is 2. The molecule has 1 aromatic rings. The topological polar surface area (TPSA) is 9.23 Å². The van der Waals surface area contributed by atoms with Crippen LogP contribution in [0.4, 0.5) is 0 Å². The molecular weight excluding hydrogens is 227 g/mol. The Morgan fingerprint density at radius 3 is 2.40 bits per heavy atom. The number of rotatable bonds is 6. The van der Waals surface area contributed by atoms with E-state index in [4.69, 9.17) is 4.52 Å². The van der Waals surface area contributed by atoms with Crippen molar-refractivity contribution in [2.45, 2.75) is 33.1 Å². The van der Waals surface area contributed by atoms with E-state index in [1.807, 2.05) is 12.1 Å². The van der Waals surface area contributed by atoms with E-state index in [-0.39, 0.29) is 12.4 Å². The van der Waals surface area contributed by atoms with E-state index in [0.717, 1.165) is 5.75 Å². The van der Waals surface area contributed by atoms with Gasteiger partial charge >= 0.3 is 0 Å². The molecule has 0 heterocycles. The smallest absolute Gasteiger partial charge is 0.122 e. The highest BCUT2D eigenvalue weighted by Gasteiger charge is 1.93. The molecule has 0 amide bonds. The zero-order chi connectivity index (χ0) is 10.2. The molecule has 1 aromatic carbocycles. The molecule has 0 aromatic heterocycles. The minimum absolute atomic E-state index is 0. The van der Waals surface area contributed by atoms with Crippen LogP contribution in [0.2, 0.25) is 0 Å². The Balaban J connectivity index is 0.00000196. The van der Waals surface area contributed by atoms with Gasteiger partial charge in [-0.1, -0.05) is 37.5 Å². The van der Waals surface area contributed by atoms with Gasteiger partial charge < -0.3 is 4.52 Å². The maximum atomic E-state index is 5.64. The first-order valence-corrected chi connectivity index (χ1v) is 6.41. The zero-order valence-electron chi connectivity index (χ0n) is 9.45. The van der Waals surface area contributed by atoms with Crippen molar-refractivity contribution in [1.82, 2.24) is 0 Å². The van der Waals surface area contributed by atoms with Gasteiger partial charge in [0.1, 0.15) is 5.75 Å². The van der Waals surface area contributed by atoms with Crippen LogP contribution in [0.5, 0.6) is 5.75 Å². The van der Waals surface area contributed by atoms with Crippen molar-refractivity contribution in [3.05, 3.63) is 29.8 Å². The molecular formula is C12H20ClOP. The van der Waals surface area contributed by atoms with Crippen molar-refractivity contribution in [2.24, 2.45) is 0 Å². The standard InChI is InChI=1S/C12H19OP.ClH/c1-3-4-5-10-14-13-12-8-6-11(2)7-9-12;/h6-9,14H,3-5,10H2,1-2H3;1H. The maximum absolute atomic E-state index is 5.64. The Labute approximate surface area is 101 Å². The molecule has 1 atom stereocenters. The summed E-state index contributed by atoms with van der Waals surface area (Å²) in [5.74, 6) is 1.01. The molecule has 0 aliphatic carbocycles.